The molecule has 2 amide bonds. The molecular weight excluding hydrogens is 270 g/mol. The van der Waals surface area contributed by atoms with Crippen LogP contribution in [-0.4, -0.2) is 30.2 Å². The zero-order chi connectivity index (χ0) is 16.0. The van der Waals surface area contributed by atoms with Crippen molar-refractivity contribution in [3.05, 3.63) is 29.8 Å². The summed E-state index contributed by atoms with van der Waals surface area (Å²) in [5.74, 6) is -0.547. The van der Waals surface area contributed by atoms with Gasteiger partial charge in [-0.2, -0.15) is 0 Å². The van der Waals surface area contributed by atoms with Crippen molar-refractivity contribution in [2.45, 2.75) is 39.3 Å². The monoisotopic (exact) mass is 293 g/mol. The van der Waals surface area contributed by atoms with Crippen LogP contribution < -0.4 is 16.4 Å². The number of alkyl carbamates (subject to hydrolysis) is 1. The summed E-state index contributed by atoms with van der Waals surface area (Å²) in [6.45, 7) is 7.28. The van der Waals surface area contributed by atoms with Gasteiger partial charge in [-0.3, -0.25) is 4.79 Å². The largest absolute Gasteiger partial charge is 0.444 e. The smallest absolute Gasteiger partial charge is 0.407 e. The highest BCUT2D eigenvalue weighted by Crippen LogP contribution is 2.14. The van der Waals surface area contributed by atoms with Gasteiger partial charge in [0.05, 0.1) is 6.54 Å². The number of hydrogen-bond acceptors (Lipinski definition) is 4. The molecule has 0 radical (unpaired) electrons. The Morgan fingerprint density at radius 1 is 1.29 bits per heavy atom. The molecule has 6 heteroatoms. The fourth-order valence-electron chi connectivity index (χ4n) is 1.64. The number of ether oxygens (including phenoxy) is 1. The highest BCUT2D eigenvalue weighted by atomic mass is 16.6. The summed E-state index contributed by atoms with van der Waals surface area (Å²) in [5.41, 5.74) is 6.55. The quantitative estimate of drug-likeness (QED) is 0.771. The molecule has 116 valence electrons. The van der Waals surface area contributed by atoms with Crippen LogP contribution in [0.5, 0.6) is 0 Å². The molecule has 0 aliphatic heterocycles. The molecule has 0 saturated carbocycles. The van der Waals surface area contributed by atoms with Gasteiger partial charge in [0.25, 0.3) is 0 Å². The van der Waals surface area contributed by atoms with Crippen molar-refractivity contribution < 1.29 is 14.3 Å². The number of benzene rings is 1. The van der Waals surface area contributed by atoms with Gasteiger partial charge in [-0.25, -0.2) is 4.79 Å². The Morgan fingerprint density at radius 2 is 1.90 bits per heavy atom. The number of hydrogen-bond donors (Lipinski definition) is 3. The van der Waals surface area contributed by atoms with Gasteiger partial charge in [0.1, 0.15) is 11.6 Å². The number of nitrogens with one attached hydrogen (secondary N) is 2. The van der Waals surface area contributed by atoms with Gasteiger partial charge in [0, 0.05) is 5.69 Å². The third-order valence-corrected chi connectivity index (χ3v) is 2.67. The third-order valence-electron chi connectivity index (χ3n) is 2.67. The van der Waals surface area contributed by atoms with Crippen molar-refractivity contribution in [2.75, 3.05) is 11.9 Å². The van der Waals surface area contributed by atoms with Crippen molar-refractivity contribution in [1.82, 2.24) is 5.32 Å². The minimum absolute atomic E-state index is 0.0541. The number of amides is 2. The van der Waals surface area contributed by atoms with Crippen molar-refractivity contribution in [3.8, 4) is 0 Å². The molecule has 6 nitrogen and oxygen atoms in total. The highest BCUT2D eigenvalue weighted by Gasteiger charge is 2.20. The first-order valence-electron chi connectivity index (χ1n) is 6.77. The van der Waals surface area contributed by atoms with E-state index in [1.165, 1.54) is 0 Å². The lowest BCUT2D eigenvalue weighted by Gasteiger charge is -2.22. The Balaban J connectivity index is 2.61. The fourth-order valence-corrected chi connectivity index (χ4v) is 1.64. The van der Waals surface area contributed by atoms with Crippen LogP contribution in [0, 0.1) is 6.92 Å². The zero-order valence-corrected chi connectivity index (χ0v) is 12.9. The van der Waals surface area contributed by atoms with Crippen LogP contribution in [0.4, 0.5) is 10.5 Å². The standard InChI is InChI=1S/C15H23N3O3/c1-10-7-5-6-8-11(10)18-12(13(16)19)9-17-14(20)21-15(2,3)4/h5-8,12,18H,9H2,1-4H3,(H2,16,19)(H,17,20). The second kappa shape index (κ2) is 6.97. The number of rotatable bonds is 5. The molecule has 0 aromatic heterocycles. The Bertz CT molecular complexity index is 509. The summed E-state index contributed by atoms with van der Waals surface area (Å²) in [4.78, 5) is 23.1. The first kappa shape index (κ1) is 16.8. The summed E-state index contributed by atoms with van der Waals surface area (Å²) in [5, 5.41) is 5.56. The number of aryl methyl sites for hydroxylation is 1. The zero-order valence-electron chi connectivity index (χ0n) is 12.9. The van der Waals surface area contributed by atoms with Crippen LogP contribution in [-0.2, 0) is 9.53 Å². The summed E-state index contributed by atoms with van der Waals surface area (Å²) < 4.78 is 5.11. The normalized spacial score (nSPS) is 12.4. The van der Waals surface area contributed by atoms with Gasteiger partial charge < -0.3 is 21.1 Å². The van der Waals surface area contributed by atoms with E-state index in [0.717, 1.165) is 11.3 Å². The van der Waals surface area contributed by atoms with Gasteiger partial charge in [-0.15, -0.1) is 0 Å². The van der Waals surface area contributed by atoms with Crippen LogP contribution in [0.2, 0.25) is 0 Å². The van der Waals surface area contributed by atoms with Crippen molar-refractivity contribution in [1.29, 1.82) is 0 Å². The minimum Gasteiger partial charge on any atom is -0.444 e. The van der Waals surface area contributed by atoms with E-state index in [1.807, 2.05) is 31.2 Å². The van der Waals surface area contributed by atoms with E-state index in [2.05, 4.69) is 10.6 Å². The summed E-state index contributed by atoms with van der Waals surface area (Å²) >= 11 is 0. The van der Waals surface area contributed by atoms with Crippen LogP contribution in [0.1, 0.15) is 26.3 Å². The topological polar surface area (TPSA) is 93.4 Å². The SMILES string of the molecule is Cc1ccccc1NC(CNC(=O)OC(C)(C)C)C(N)=O. The first-order chi connectivity index (χ1) is 9.69. The average Bonchev–Trinajstić information content (AvgIpc) is 2.34. The molecule has 1 rings (SSSR count). The van der Waals surface area contributed by atoms with E-state index in [9.17, 15) is 9.59 Å². The molecule has 4 N–H and O–H groups in total. The lowest BCUT2D eigenvalue weighted by Crippen LogP contribution is -2.46. The van der Waals surface area contributed by atoms with Gasteiger partial charge in [0.2, 0.25) is 5.91 Å². The summed E-state index contributed by atoms with van der Waals surface area (Å²) in [6, 6.07) is 6.81. The highest BCUT2D eigenvalue weighted by molar-refractivity contribution is 5.84. The maximum absolute atomic E-state index is 11.6. The van der Waals surface area contributed by atoms with E-state index >= 15 is 0 Å². The first-order valence-corrected chi connectivity index (χ1v) is 6.77. The number of nitrogens with two attached hydrogens (primary N) is 1. The maximum Gasteiger partial charge on any atom is 0.407 e. The van der Waals surface area contributed by atoms with E-state index in [-0.39, 0.29) is 6.54 Å². The molecule has 0 bridgehead atoms. The molecule has 1 aromatic carbocycles. The molecule has 0 spiro atoms. The number of carbonyl (C=O) groups is 2. The van der Waals surface area contributed by atoms with Crippen LogP contribution in [0.15, 0.2) is 24.3 Å². The van der Waals surface area contributed by atoms with Crippen LogP contribution in [0.25, 0.3) is 0 Å². The van der Waals surface area contributed by atoms with Gasteiger partial charge >= 0.3 is 6.09 Å². The number of primary amides is 1. The Labute approximate surface area is 125 Å². The number of anilines is 1. The predicted molar refractivity (Wildman–Crippen MR) is 82.0 cm³/mol. The Kier molecular flexibility index (Phi) is 5.58. The second-order valence-electron chi connectivity index (χ2n) is 5.80. The molecule has 0 heterocycles. The van der Waals surface area contributed by atoms with Crippen LogP contribution >= 0.6 is 0 Å². The van der Waals surface area contributed by atoms with Gasteiger partial charge in [-0.1, -0.05) is 18.2 Å². The molecule has 0 saturated heterocycles. The summed E-state index contributed by atoms with van der Waals surface area (Å²) in [7, 11) is 0. The average molecular weight is 293 g/mol. The molecular formula is C15H23N3O3. The molecule has 21 heavy (non-hydrogen) atoms. The second-order valence-corrected chi connectivity index (χ2v) is 5.80. The molecule has 1 aromatic rings. The van der Waals surface area contributed by atoms with E-state index in [4.69, 9.17) is 10.5 Å². The van der Waals surface area contributed by atoms with Gasteiger partial charge in [-0.05, 0) is 39.3 Å². The number of carbonyl (C=O) groups excluding carboxylic acids is 2. The molecule has 0 fully saturated rings. The van der Waals surface area contributed by atoms with E-state index in [1.54, 1.807) is 20.8 Å². The lowest BCUT2D eigenvalue weighted by molar-refractivity contribution is -0.118. The molecule has 1 atom stereocenters. The minimum atomic E-state index is -0.710. The van der Waals surface area contributed by atoms with E-state index in [0.29, 0.717) is 0 Å². The molecule has 0 aliphatic rings. The van der Waals surface area contributed by atoms with Crippen molar-refractivity contribution in [3.63, 3.8) is 0 Å². The summed E-state index contributed by atoms with van der Waals surface area (Å²) in [6.07, 6.45) is -0.583. The maximum atomic E-state index is 11.6. The molecule has 1 unspecified atom stereocenters. The molecule has 0 aliphatic carbocycles. The van der Waals surface area contributed by atoms with Crippen molar-refractivity contribution >= 4 is 17.7 Å². The third kappa shape index (κ3) is 6.16. The van der Waals surface area contributed by atoms with Crippen molar-refractivity contribution in [2.24, 2.45) is 5.73 Å². The fraction of sp³-hybridized carbons (Fsp3) is 0.467. The Morgan fingerprint density at radius 3 is 2.43 bits per heavy atom. The van der Waals surface area contributed by atoms with E-state index < -0.39 is 23.6 Å². The number of para-hydroxylation sites is 1. The predicted octanol–water partition coefficient (Wildman–Crippen LogP) is 1.79. The van der Waals surface area contributed by atoms with Crippen LogP contribution in [0.3, 0.4) is 0 Å². The van der Waals surface area contributed by atoms with Gasteiger partial charge in [0.15, 0.2) is 0 Å². The lowest BCUT2D eigenvalue weighted by atomic mass is 10.1. The Hall–Kier alpha value is -2.24.